The Labute approximate surface area is 182 Å². The summed E-state index contributed by atoms with van der Waals surface area (Å²) in [6.45, 7) is 2.62. The molecule has 32 heavy (non-hydrogen) atoms. The van der Waals surface area contributed by atoms with Gasteiger partial charge < -0.3 is 15.0 Å². The van der Waals surface area contributed by atoms with Crippen LogP contribution in [0.15, 0.2) is 52.0 Å². The number of primary amides is 1. The van der Waals surface area contributed by atoms with Crippen molar-refractivity contribution < 1.29 is 14.1 Å². The molecule has 2 atom stereocenters. The van der Waals surface area contributed by atoms with Crippen LogP contribution in [-0.2, 0) is 11.3 Å². The van der Waals surface area contributed by atoms with Crippen molar-refractivity contribution in [3.63, 3.8) is 0 Å². The summed E-state index contributed by atoms with van der Waals surface area (Å²) in [4.78, 5) is 36.7. The summed E-state index contributed by atoms with van der Waals surface area (Å²) in [5, 5.41) is 4.36. The lowest BCUT2D eigenvalue weighted by atomic mass is 9.99. The highest BCUT2D eigenvalue weighted by Gasteiger charge is 2.31. The molecule has 10 heteroatoms. The number of rotatable bonds is 5. The van der Waals surface area contributed by atoms with Gasteiger partial charge in [0.05, 0.1) is 18.1 Å². The fraction of sp³-hybridized carbons (Fsp3) is 0.273. The Balaban J connectivity index is 1.32. The zero-order valence-electron chi connectivity index (χ0n) is 17.3. The first-order chi connectivity index (χ1) is 15.5. The van der Waals surface area contributed by atoms with Gasteiger partial charge in [-0.15, -0.1) is 0 Å². The highest BCUT2D eigenvalue weighted by Crippen LogP contribution is 2.37. The van der Waals surface area contributed by atoms with E-state index in [4.69, 9.17) is 15.0 Å². The number of ether oxygens (including phenoxy) is 1. The van der Waals surface area contributed by atoms with Crippen LogP contribution in [0.25, 0.3) is 11.0 Å². The highest BCUT2D eigenvalue weighted by atomic mass is 16.5. The summed E-state index contributed by atoms with van der Waals surface area (Å²) in [5.41, 5.74) is 7.43. The molecule has 1 aliphatic rings. The van der Waals surface area contributed by atoms with Crippen molar-refractivity contribution in [2.45, 2.75) is 31.9 Å². The third kappa shape index (κ3) is 3.76. The summed E-state index contributed by atoms with van der Waals surface area (Å²) >= 11 is 0. The maximum atomic E-state index is 12.8. The lowest BCUT2D eigenvalue weighted by Crippen LogP contribution is -2.22. The van der Waals surface area contributed by atoms with Crippen molar-refractivity contribution in [2.24, 2.45) is 5.73 Å². The topological polar surface area (TPSA) is 139 Å². The lowest BCUT2D eigenvalue weighted by Gasteiger charge is -2.09. The van der Waals surface area contributed by atoms with Gasteiger partial charge in [0, 0.05) is 5.92 Å². The van der Waals surface area contributed by atoms with E-state index in [9.17, 15) is 9.59 Å². The molecule has 4 aromatic rings. The molecule has 1 saturated heterocycles. The number of nitrogens with two attached hydrogens (primary N) is 1. The van der Waals surface area contributed by atoms with Crippen molar-refractivity contribution in [2.75, 3.05) is 6.61 Å². The Bertz CT molecular complexity index is 1360. The van der Waals surface area contributed by atoms with Crippen molar-refractivity contribution in [3.8, 4) is 0 Å². The molecule has 1 fully saturated rings. The van der Waals surface area contributed by atoms with E-state index in [1.54, 1.807) is 0 Å². The number of pyridine rings is 1. The second kappa shape index (κ2) is 7.97. The SMILES string of the molecule is Cc1ccc([C@H]2C[C@H](c3noc(Cn4cnc5nc(C(N)=O)ccc5c4=O)n3)CO2)cc1. The van der Waals surface area contributed by atoms with Crippen LogP contribution in [0.4, 0.5) is 0 Å². The van der Waals surface area contributed by atoms with Crippen LogP contribution in [0.2, 0.25) is 0 Å². The van der Waals surface area contributed by atoms with E-state index in [2.05, 4.69) is 44.4 Å². The number of carbonyl (C=O) groups is 1. The Kier molecular flexibility index (Phi) is 4.98. The lowest BCUT2D eigenvalue weighted by molar-refractivity contribution is 0.0996. The minimum absolute atomic E-state index is 0.00680. The smallest absolute Gasteiger partial charge is 0.267 e. The molecule has 5 rings (SSSR count). The first-order valence-corrected chi connectivity index (χ1v) is 10.1. The fourth-order valence-electron chi connectivity index (χ4n) is 3.76. The molecular formula is C22H20N6O4. The minimum Gasteiger partial charge on any atom is -0.373 e. The van der Waals surface area contributed by atoms with Crippen molar-refractivity contribution in [1.29, 1.82) is 0 Å². The molecule has 0 saturated carbocycles. The van der Waals surface area contributed by atoms with Crippen LogP contribution >= 0.6 is 0 Å². The molecule has 2 N–H and O–H groups in total. The largest absolute Gasteiger partial charge is 0.373 e. The van der Waals surface area contributed by atoms with Gasteiger partial charge in [-0.2, -0.15) is 4.98 Å². The number of hydrogen-bond acceptors (Lipinski definition) is 8. The van der Waals surface area contributed by atoms with E-state index in [-0.39, 0.29) is 40.9 Å². The van der Waals surface area contributed by atoms with Gasteiger partial charge in [0.25, 0.3) is 11.5 Å². The zero-order chi connectivity index (χ0) is 22.2. The molecule has 0 aliphatic carbocycles. The quantitative estimate of drug-likeness (QED) is 0.504. The summed E-state index contributed by atoms with van der Waals surface area (Å²) in [6, 6.07) is 11.2. The van der Waals surface area contributed by atoms with Gasteiger partial charge in [0.2, 0.25) is 5.89 Å². The van der Waals surface area contributed by atoms with Crippen molar-refractivity contribution in [1.82, 2.24) is 24.7 Å². The third-order valence-corrected chi connectivity index (χ3v) is 5.54. The monoisotopic (exact) mass is 432 g/mol. The van der Waals surface area contributed by atoms with Crippen molar-refractivity contribution >= 4 is 16.9 Å². The minimum atomic E-state index is -0.684. The molecule has 1 amide bonds. The predicted octanol–water partition coefficient (Wildman–Crippen LogP) is 1.88. The Morgan fingerprint density at radius 2 is 2.00 bits per heavy atom. The number of benzene rings is 1. The maximum Gasteiger partial charge on any atom is 0.267 e. The molecule has 10 nitrogen and oxygen atoms in total. The molecule has 162 valence electrons. The Morgan fingerprint density at radius 1 is 1.19 bits per heavy atom. The van der Waals surface area contributed by atoms with Crippen LogP contribution in [0.3, 0.4) is 0 Å². The van der Waals surface area contributed by atoms with Crippen LogP contribution in [0, 0.1) is 6.92 Å². The molecule has 4 heterocycles. The number of carbonyl (C=O) groups excluding carboxylic acids is 1. The number of amides is 1. The Morgan fingerprint density at radius 3 is 2.78 bits per heavy atom. The second-order valence-electron chi connectivity index (χ2n) is 7.82. The average Bonchev–Trinajstić information content (AvgIpc) is 3.46. The highest BCUT2D eigenvalue weighted by molar-refractivity contribution is 5.92. The fourth-order valence-corrected chi connectivity index (χ4v) is 3.76. The van der Waals surface area contributed by atoms with E-state index < -0.39 is 5.91 Å². The van der Waals surface area contributed by atoms with E-state index in [1.807, 2.05) is 6.92 Å². The molecule has 0 spiro atoms. The summed E-state index contributed by atoms with van der Waals surface area (Å²) in [6.07, 6.45) is 2.08. The van der Waals surface area contributed by atoms with Crippen molar-refractivity contribution in [3.05, 3.63) is 81.6 Å². The van der Waals surface area contributed by atoms with E-state index in [0.29, 0.717) is 18.3 Å². The second-order valence-corrected chi connectivity index (χ2v) is 7.82. The van der Waals surface area contributed by atoms with Gasteiger partial charge in [-0.1, -0.05) is 35.0 Å². The predicted molar refractivity (Wildman–Crippen MR) is 113 cm³/mol. The average molecular weight is 432 g/mol. The van der Waals surface area contributed by atoms with Crippen LogP contribution < -0.4 is 11.3 Å². The van der Waals surface area contributed by atoms with Crippen LogP contribution in [-0.4, -0.2) is 37.2 Å². The molecule has 1 aliphatic heterocycles. The third-order valence-electron chi connectivity index (χ3n) is 5.54. The summed E-state index contributed by atoms with van der Waals surface area (Å²) in [7, 11) is 0. The number of fused-ring (bicyclic) bond motifs is 1. The molecular weight excluding hydrogens is 412 g/mol. The van der Waals surface area contributed by atoms with E-state index in [1.165, 1.54) is 28.6 Å². The first-order valence-electron chi connectivity index (χ1n) is 10.1. The van der Waals surface area contributed by atoms with Crippen LogP contribution in [0.1, 0.15) is 51.8 Å². The molecule has 0 radical (unpaired) electrons. The van der Waals surface area contributed by atoms with E-state index in [0.717, 1.165) is 12.0 Å². The van der Waals surface area contributed by atoms with Gasteiger partial charge in [-0.05, 0) is 31.0 Å². The normalized spacial score (nSPS) is 18.3. The van der Waals surface area contributed by atoms with Crippen LogP contribution in [0.5, 0.6) is 0 Å². The summed E-state index contributed by atoms with van der Waals surface area (Å²) < 4.78 is 12.7. The number of nitrogens with zero attached hydrogens (tertiary/aromatic N) is 5. The van der Waals surface area contributed by atoms with Gasteiger partial charge in [-0.3, -0.25) is 14.2 Å². The maximum absolute atomic E-state index is 12.8. The van der Waals surface area contributed by atoms with E-state index >= 15 is 0 Å². The van der Waals surface area contributed by atoms with Gasteiger partial charge in [-0.25, -0.2) is 9.97 Å². The summed E-state index contributed by atoms with van der Waals surface area (Å²) in [5.74, 6) is 0.186. The van der Waals surface area contributed by atoms with Gasteiger partial charge in [0.15, 0.2) is 11.5 Å². The molecule has 0 bridgehead atoms. The standard InChI is InChI=1S/C22H20N6O4/c1-12-2-4-13(5-3-12)17-8-14(10-31-17)20-26-18(32-27-20)9-28-11-24-21-15(22(28)30)6-7-16(25-21)19(23)29/h2-7,11,14,17H,8-10H2,1H3,(H2,23,29)/t14-,17+/m0/s1. The van der Waals surface area contributed by atoms with Gasteiger partial charge in [0.1, 0.15) is 18.6 Å². The molecule has 0 unspecified atom stereocenters. The number of aromatic nitrogens is 5. The molecule has 3 aromatic heterocycles. The Hall–Kier alpha value is -3.92. The molecule has 1 aromatic carbocycles. The van der Waals surface area contributed by atoms with Gasteiger partial charge >= 0.3 is 0 Å². The number of hydrogen-bond donors (Lipinski definition) is 1. The zero-order valence-corrected chi connectivity index (χ0v) is 17.3. The first kappa shape index (κ1) is 20.0. The number of aryl methyl sites for hydroxylation is 1.